The molecule has 0 fully saturated rings. The van der Waals surface area contributed by atoms with E-state index in [4.69, 9.17) is 0 Å². The van der Waals surface area contributed by atoms with E-state index < -0.39 is 11.7 Å². The molecule has 0 aliphatic carbocycles. The number of hydrogen-bond acceptors (Lipinski definition) is 2. The summed E-state index contributed by atoms with van der Waals surface area (Å²) in [5, 5.41) is 1.03. The standard InChI is InChI=1S/C20H17F3N2S/c1-24(2)26-17-10-11-19-18(12-17)15(13-25(19)3)7-4-14-5-8-16(9-6-14)20(21,22)23/h5-6,8-13H,1-3H3. The molecular formula is C20H17F3N2S. The second-order valence-electron chi connectivity index (χ2n) is 6.06. The van der Waals surface area contributed by atoms with Crippen molar-refractivity contribution < 1.29 is 13.2 Å². The number of benzene rings is 2. The minimum absolute atomic E-state index is 0.550. The molecule has 2 aromatic carbocycles. The summed E-state index contributed by atoms with van der Waals surface area (Å²) >= 11 is 1.62. The summed E-state index contributed by atoms with van der Waals surface area (Å²) in [6.07, 6.45) is -2.39. The molecule has 0 amide bonds. The Kier molecular flexibility index (Phi) is 5.03. The predicted octanol–water partition coefficient (Wildman–Crippen LogP) is 5.17. The van der Waals surface area contributed by atoms with E-state index in [1.165, 1.54) is 12.1 Å². The van der Waals surface area contributed by atoms with Crippen molar-refractivity contribution in [1.82, 2.24) is 8.87 Å². The van der Waals surface area contributed by atoms with Gasteiger partial charge in [0.05, 0.1) is 11.1 Å². The number of halogens is 3. The highest BCUT2D eigenvalue weighted by Gasteiger charge is 2.29. The fraction of sp³-hybridized carbons (Fsp3) is 0.200. The Morgan fingerprint density at radius 1 is 1.00 bits per heavy atom. The van der Waals surface area contributed by atoms with Gasteiger partial charge in [0.15, 0.2) is 0 Å². The molecular weight excluding hydrogens is 357 g/mol. The van der Waals surface area contributed by atoms with E-state index >= 15 is 0 Å². The first kappa shape index (κ1) is 18.4. The van der Waals surface area contributed by atoms with Crippen LogP contribution in [0.15, 0.2) is 53.6 Å². The van der Waals surface area contributed by atoms with Gasteiger partial charge in [-0.25, -0.2) is 0 Å². The van der Waals surface area contributed by atoms with Crippen LogP contribution in [0.25, 0.3) is 10.9 Å². The molecule has 2 nitrogen and oxygen atoms in total. The molecule has 0 spiro atoms. The van der Waals surface area contributed by atoms with Gasteiger partial charge in [-0.1, -0.05) is 11.8 Å². The van der Waals surface area contributed by atoms with Crippen molar-refractivity contribution in [2.45, 2.75) is 11.1 Å². The van der Waals surface area contributed by atoms with Crippen LogP contribution in [-0.4, -0.2) is 23.0 Å². The van der Waals surface area contributed by atoms with Crippen LogP contribution in [-0.2, 0) is 13.2 Å². The van der Waals surface area contributed by atoms with Gasteiger partial charge in [0.2, 0.25) is 0 Å². The van der Waals surface area contributed by atoms with Crippen LogP contribution < -0.4 is 0 Å². The Morgan fingerprint density at radius 2 is 1.69 bits per heavy atom. The van der Waals surface area contributed by atoms with Crippen LogP contribution in [0.5, 0.6) is 0 Å². The van der Waals surface area contributed by atoms with Crippen molar-refractivity contribution in [1.29, 1.82) is 0 Å². The van der Waals surface area contributed by atoms with Crippen molar-refractivity contribution >= 4 is 22.9 Å². The lowest BCUT2D eigenvalue weighted by atomic mass is 10.1. The highest BCUT2D eigenvalue weighted by Crippen LogP contribution is 2.29. The van der Waals surface area contributed by atoms with E-state index in [-0.39, 0.29) is 0 Å². The molecule has 26 heavy (non-hydrogen) atoms. The third kappa shape index (κ3) is 4.06. The van der Waals surface area contributed by atoms with Crippen LogP contribution >= 0.6 is 11.9 Å². The monoisotopic (exact) mass is 374 g/mol. The molecule has 0 radical (unpaired) electrons. The molecule has 3 aromatic rings. The second-order valence-corrected chi connectivity index (χ2v) is 7.45. The van der Waals surface area contributed by atoms with Gasteiger partial charge in [-0.3, -0.25) is 4.31 Å². The van der Waals surface area contributed by atoms with Gasteiger partial charge < -0.3 is 4.57 Å². The van der Waals surface area contributed by atoms with Crippen LogP contribution in [0.2, 0.25) is 0 Å². The average Bonchev–Trinajstić information content (AvgIpc) is 2.87. The van der Waals surface area contributed by atoms with E-state index in [1.807, 2.05) is 42.3 Å². The van der Waals surface area contributed by atoms with Crippen LogP contribution in [0.4, 0.5) is 13.2 Å². The number of hydrogen-bond donors (Lipinski definition) is 0. The summed E-state index contributed by atoms with van der Waals surface area (Å²) in [6.45, 7) is 0. The van der Waals surface area contributed by atoms with Gasteiger partial charge >= 0.3 is 6.18 Å². The van der Waals surface area contributed by atoms with Crippen molar-refractivity contribution in [2.75, 3.05) is 14.1 Å². The van der Waals surface area contributed by atoms with Crippen LogP contribution in [0, 0.1) is 11.8 Å². The smallest absolute Gasteiger partial charge is 0.349 e. The molecule has 1 heterocycles. The maximum absolute atomic E-state index is 12.6. The Labute approximate surface area is 154 Å². The number of aryl methyl sites for hydroxylation is 1. The minimum Gasteiger partial charge on any atom is -0.349 e. The zero-order valence-electron chi connectivity index (χ0n) is 14.6. The lowest BCUT2D eigenvalue weighted by molar-refractivity contribution is -0.137. The van der Waals surface area contributed by atoms with Crippen molar-refractivity contribution in [3.8, 4) is 11.8 Å². The number of fused-ring (bicyclic) bond motifs is 1. The number of aromatic nitrogens is 1. The molecule has 134 valence electrons. The topological polar surface area (TPSA) is 8.17 Å². The molecule has 0 bridgehead atoms. The third-order valence-corrected chi connectivity index (χ3v) is 4.63. The summed E-state index contributed by atoms with van der Waals surface area (Å²) in [7, 11) is 5.90. The first-order chi connectivity index (χ1) is 12.2. The summed E-state index contributed by atoms with van der Waals surface area (Å²) < 4.78 is 41.9. The number of nitrogens with zero attached hydrogens (tertiary/aromatic N) is 2. The fourth-order valence-electron chi connectivity index (χ4n) is 2.62. The molecule has 0 atom stereocenters. The molecule has 0 N–H and O–H groups in total. The molecule has 1 aromatic heterocycles. The van der Waals surface area contributed by atoms with E-state index in [2.05, 4.69) is 24.0 Å². The lowest BCUT2D eigenvalue weighted by Gasteiger charge is -2.08. The maximum atomic E-state index is 12.6. The Bertz CT molecular complexity index is 990. The van der Waals surface area contributed by atoms with Crippen LogP contribution in [0.3, 0.4) is 0 Å². The first-order valence-electron chi connectivity index (χ1n) is 7.88. The Morgan fingerprint density at radius 3 is 2.31 bits per heavy atom. The van der Waals surface area contributed by atoms with E-state index in [0.717, 1.165) is 33.5 Å². The first-order valence-corrected chi connectivity index (χ1v) is 8.65. The number of alkyl halides is 3. The molecule has 0 unspecified atom stereocenters. The number of rotatable bonds is 2. The van der Waals surface area contributed by atoms with Crippen molar-refractivity contribution in [2.24, 2.45) is 7.05 Å². The highest BCUT2D eigenvalue weighted by molar-refractivity contribution is 7.97. The second kappa shape index (κ2) is 7.10. The molecule has 0 saturated heterocycles. The largest absolute Gasteiger partial charge is 0.416 e. The third-order valence-electron chi connectivity index (χ3n) is 3.80. The summed E-state index contributed by atoms with van der Waals surface area (Å²) in [5.41, 5.74) is 1.79. The summed E-state index contributed by atoms with van der Waals surface area (Å²) in [4.78, 5) is 1.10. The van der Waals surface area contributed by atoms with E-state index in [0.29, 0.717) is 5.56 Å². The fourth-order valence-corrected chi connectivity index (χ4v) is 3.34. The van der Waals surface area contributed by atoms with Gasteiger partial charge in [0.25, 0.3) is 0 Å². The van der Waals surface area contributed by atoms with E-state index in [9.17, 15) is 13.2 Å². The van der Waals surface area contributed by atoms with Gasteiger partial charge in [-0.2, -0.15) is 13.2 Å². The predicted molar refractivity (Wildman–Crippen MR) is 99.9 cm³/mol. The Hall–Kier alpha value is -2.36. The van der Waals surface area contributed by atoms with Crippen molar-refractivity contribution in [3.05, 3.63) is 65.4 Å². The highest BCUT2D eigenvalue weighted by atomic mass is 32.2. The minimum atomic E-state index is -4.33. The molecule has 0 aliphatic rings. The van der Waals surface area contributed by atoms with E-state index in [1.54, 1.807) is 11.9 Å². The SMILES string of the molecule is CN(C)Sc1ccc2c(c1)c(C#Cc1ccc(C(F)(F)F)cc1)cn2C. The summed E-state index contributed by atoms with van der Waals surface area (Å²) in [6, 6.07) is 11.1. The Balaban J connectivity index is 1.95. The lowest BCUT2D eigenvalue weighted by Crippen LogP contribution is -2.04. The van der Waals surface area contributed by atoms with Gasteiger partial charge in [-0.05, 0) is 68.5 Å². The molecule has 3 rings (SSSR count). The zero-order chi connectivity index (χ0) is 18.9. The molecule has 6 heteroatoms. The zero-order valence-corrected chi connectivity index (χ0v) is 15.4. The average molecular weight is 374 g/mol. The van der Waals surface area contributed by atoms with Gasteiger partial charge in [-0.15, -0.1) is 0 Å². The van der Waals surface area contributed by atoms with Crippen molar-refractivity contribution in [3.63, 3.8) is 0 Å². The quantitative estimate of drug-likeness (QED) is 0.452. The maximum Gasteiger partial charge on any atom is 0.416 e. The normalized spacial score (nSPS) is 11.7. The van der Waals surface area contributed by atoms with Gasteiger partial charge in [0.1, 0.15) is 0 Å². The van der Waals surface area contributed by atoms with Crippen LogP contribution in [0.1, 0.15) is 16.7 Å². The van der Waals surface area contributed by atoms with Gasteiger partial charge in [0, 0.05) is 34.6 Å². The summed E-state index contributed by atoms with van der Waals surface area (Å²) in [5.74, 6) is 6.05. The molecule has 0 saturated carbocycles. The molecule has 0 aliphatic heterocycles.